The molecule has 24 heavy (non-hydrogen) atoms. The molecule has 2 aromatic rings. The highest BCUT2D eigenvalue weighted by Gasteiger charge is 2.33. The number of halogens is 2. The molecular weight excluding hydrogens is 347 g/mol. The first-order chi connectivity index (χ1) is 11.6. The lowest BCUT2D eigenvalue weighted by molar-refractivity contribution is 0.205. The lowest BCUT2D eigenvalue weighted by Gasteiger charge is -2.24. The van der Waals surface area contributed by atoms with Crippen LogP contribution in [0.5, 0.6) is 5.75 Å². The van der Waals surface area contributed by atoms with Crippen molar-refractivity contribution in [1.82, 2.24) is 4.90 Å². The molecule has 0 spiro atoms. The number of urea groups is 1. The number of amides is 2. The van der Waals surface area contributed by atoms with Crippen molar-refractivity contribution in [1.29, 1.82) is 0 Å². The van der Waals surface area contributed by atoms with Crippen LogP contribution in [0.25, 0.3) is 0 Å². The summed E-state index contributed by atoms with van der Waals surface area (Å²) in [5, 5.41) is 3.84. The van der Waals surface area contributed by atoms with Crippen molar-refractivity contribution in [3.63, 3.8) is 0 Å². The highest BCUT2D eigenvalue weighted by atomic mass is 35.5. The maximum absolute atomic E-state index is 12.7. The Balaban J connectivity index is 1.78. The van der Waals surface area contributed by atoms with Gasteiger partial charge in [0.1, 0.15) is 5.75 Å². The molecule has 0 atom stereocenters. The number of hydrogen-bond acceptors (Lipinski definition) is 2. The second kappa shape index (κ2) is 7.32. The molecule has 0 heterocycles. The molecule has 4 nitrogen and oxygen atoms in total. The molecule has 1 aliphatic rings. The quantitative estimate of drug-likeness (QED) is 0.791. The Labute approximate surface area is 151 Å². The van der Waals surface area contributed by atoms with Gasteiger partial charge in [-0.05, 0) is 37.1 Å². The zero-order chi connectivity index (χ0) is 17.1. The molecule has 1 N–H and O–H groups in total. The number of para-hydroxylation sites is 1. The molecule has 0 saturated heterocycles. The summed E-state index contributed by atoms with van der Waals surface area (Å²) in [6, 6.07) is 12.8. The van der Waals surface area contributed by atoms with E-state index in [0.717, 1.165) is 24.2 Å². The normalized spacial score (nSPS) is 13.5. The molecule has 0 radical (unpaired) electrons. The van der Waals surface area contributed by atoms with Crippen molar-refractivity contribution in [3.05, 3.63) is 58.1 Å². The van der Waals surface area contributed by atoms with Gasteiger partial charge in [-0.3, -0.25) is 0 Å². The van der Waals surface area contributed by atoms with E-state index in [0.29, 0.717) is 22.3 Å². The van der Waals surface area contributed by atoms with Gasteiger partial charge in [0, 0.05) is 16.6 Å². The zero-order valence-corrected chi connectivity index (χ0v) is 14.8. The average molecular weight is 365 g/mol. The smallest absolute Gasteiger partial charge is 0.322 e. The third-order valence-corrected chi connectivity index (χ3v) is 4.52. The van der Waals surface area contributed by atoms with Crippen LogP contribution >= 0.6 is 23.2 Å². The van der Waals surface area contributed by atoms with Crippen molar-refractivity contribution in [2.75, 3.05) is 12.4 Å². The molecule has 1 aliphatic carbocycles. The van der Waals surface area contributed by atoms with Gasteiger partial charge in [-0.1, -0.05) is 41.4 Å². The van der Waals surface area contributed by atoms with E-state index < -0.39 is 0 Å². The lowest BCUT2D eigenvalue weighted by atomic mass is 10.2. The van der Waals surface area contributed by atoms with Crippen molar-refractivity contribution in [2.45, 2.75) is 25.4 Å². The first-order valence-corrected chi connectivity index (χ1v) is 8.48. The third kappa shape index (κ3) is 3.94. The molecule has 3 rings (SSSR count). The van der Waals surface area contributed by atoms with Gasteiger partial charge < -0.3 is 15.0 Å². The molecule has 0 bridgehead atoms. The number of carbonyl (C=O) groups is 1. The second-order valence-corrected chi connectivity index (χ2v) is 6.57. The van der Waals surface area contributed by atoms with E-state index >= 15 is 0 Å². The van der Waals surface area contributed by atoms with Gasteiger partial charge in [0.15, 0.2) is 0 Å². The predicted molar refractivity (Wildman–Crippen MR) is 97.0 cm³/mol. The van der Waals surface area contributed by atoms with Crippen LogP contribution in [0.2, 0.25) is 10.0 Å². The Kier molecular flexibility index (Phi) is 5.17. The summed E-state index contributed by atoms with van der Waals surface area (Å²) in [6.45, 7) is 0.485. The van der Waals surface area contributed by atoms with E-state index in [2.05, 4.69) is 5.32 Å². The number of nitrogens with one attached hydrogen (secondary N) is 1. The standard InChI is InChI=1S/C18H18Cl2N2O2/c1-24-17-5-3-2-4-12(17)11-22(14-7-8-14)18(23)21-16-10-13(19)6-9-15(16)20/h2-6,9-10,14H,7-8,11H2,1H3,(H,21,23). The zero-order valence-electron chi connectivity index (χ0n) is 13.3. The van der Waals surface area contributed by atoms with Gasteiger partial charge in [-0.2, -0.15) is 0 Å². The fraction of sp³-hybridized carbons (Fsp3) is 0.278. The molecule has 126 valence electrons. The molecule has 1 saturated carbocycles. The van der Waals surface area contributed by atoms with Crippen molar-refractivity contribution in [3.8, 4) is 5.75 Å². The summed E-state index contributed by atoms with van der Waals surface area (Å²) < 4.78 is 5.38. The largest absolute Gasteiger partial charge is 0.496 e. The topological polar surface area (TPSA) is 41.6 Å². The molecule has 2 aromatic carbocycles. The van der Waals surface area contributed by atoms with Gasteiger partial charge in [-0.25, -0.2) is 4.79 Å². The Hall–Kier alpha value is -1.91. The van der Waals surface area contributed by atoms with Crippen LogP contribution in [0.15, 0.2) is 42.5 Å². The number of hydrogen-bond donors (Lipinski definition) is 1. The van der Waals surface area contributed by atoms with Crippen molar-refractivity contribution >= 4 is 34.9 Å². The summed E-state index contributed by atoms with van der Waals surface area (Å²) in [5.74, 6) is 0.775. The second-order valence-electron chi connectivity index (χ2n) is 5.73. The highest BCUT2D eigenvalue weighted by molar-refractivity contribution is 6.35. The van der Waals surface area contributed by atoms with E-state index in [-0.39, 0.29) is 12.1 Å². The van der Waals surface area contributed by atoms with Crippen molar-refractivity contribution in [2.24, 2.45) is 0 Å². The maximum Gasteiger partial charge on any atom is 0.322 e. The first-order valence-electron chi connectivity index (χ1n) is 7.73. The number of ether oxygens (including phenoxy) is 1. The first kappa shape index (κ1) is 16.9. The van der Waals surface area contributed by atoms with E-state index in [4.69, 9.17) is 27.9 Å². The SMILES string of the molecule is COc1ccccc1CN(C(=O)Nc1cc(Cl)ccc1Cl)C1CC1. The van der Waals surface area contributed by atoms with Gasteiger partial charge in [0.2, 0.25) is 0 Å². The number of methoxy groups -OCH3 is 1. The maximum atomic E-state index is 12.7. The molecule has 1 fully saturated rings. The number of carbonyl (C=O) groups excluding carboxylic acids is 1. The van der Waals surface area contributed by atoms with Crippen LogP contribution in [0.1, 0.15) is 18.4 Å². The highest BCUT2D eigenvalue weighted by Crippen LogP contribution is 2.32. The van der Waals surface area contributed by atoms with E-state index in [1.54, 1.807) is 25.3 Å². The minimum Gasteiger partial charge on any atom is -0.496 e. The fourth-order valence-corrected chi connectivity index (χ4v) is 2.89. The summed E-state index contributed by atoms with van der Waals surface area (Å²) in [4.78, 5) is 14.5. The third-order valence-electron chi connectivity index (χ3n) is 3.95. The minimum atomic E-state index is -0.187. The summed E-state index contributed by atoms with van der Waals surface area (Å²) in [7, 11) is 1.63. The van der Waals surface area contributed by atoms with Gasteiger partial charge in [0.05, 0.1) is 24.4 Å². The van der Waals surface area contributed by atoms with E-state index in [9.17, 15) is 4.79 Å². The molecular formula is C18H18Cl2N2O2. The molecule has 0 aliphatic heterocycles. The molecule has 2 amide bonds. The van der Waals surface area contributed by atoms with Crippen LogP contribution in [0, 0.1) is 0 Å². The molecule has 0 aromatic heterocycles. The Morgan fingerprint density at radius 3 is 2.71 bits per heavy atom. The van der Waals surface area contributed by atoms with Crippen LogP contribution in [0.4, 0.5) is 10.5 Å². The van der Waals surface area contributed by atoms with Gasteiger partial charge >= 0.3 is 6.03 Å². The number of benzene rings is 2. The fourth-order valence-electron chi connectivity index (χ4n) is 2.55. The summed E-state index contributed by atoms with van der Waals surface area (Å²) >= 11 is 12.1. The Bertz CT molecular complexity index is 748. The number of rotatable bonds is 5. The van der Waals surface area contributed by atoms with Crippen LogP contribution < -0.4 is 10.1 Å². The summed E-state index contributed by atoms with van der Waals surface area (Å²) in [5.41, 5.74) is 1.49. The van der Waals surface area contributed by atoms with E-state index in [1.807, 2.05) is 29.2 Å². The van der Waals surface area contributed by atoms with Gasteiger partial charge in [-0.15, -0.1) is 0 Å². The molecule has 6 heteroatoms. The van der Waals surface area contributed by atoms with E-state index in [1.165, 1.54) is 0 Å². The van der Waals surface area contributed by atoms with Crippen LogP contribution in [0.3, 0.4) is 0 Å². The number of nitrogens with zero attached hydrogens (tertiary/aromatic N) is 1. The summed E-state index contributed by atoms with van der Waals surface area (Å²) in [6.07, 6.45) is 2.01. The Morgan fingerprint density at radius 2 is 2.00 bits per heavy atom. The molecule has 0 unspecified atom stereocenters. The monoisotopic (exact) mass is 364 g/mol. The lowest BCUT2D eigenvalue weighted by Crippen LogP contribution is -2.36. The van der Waals surface area contributed by atoms with Crippen LogP contribution in [-0.2, 0) is 6.54 Å². The number of anilines is 1. The Morgan fingerprint density at radius 1 is 1.25 bits per heavy atom. The van der Waals surface area contributed by atoms with Crippen molar-refractivity contribution < 1.29 is 9.53 Å². The average Bonchev–Trinajstić information content (AvgIpc) is 3.41. The van der Waals surface area contributed by atoms with Crippen LogP contribution in [-0.4, -0.2) is 24.1 Å². The predicted octanol–water partition coefficient (Wildman–Crippen LogP) is 5.20. The van der Waals surface area contributed by atoms with Gasteiger partial charge in [0.25, 0.3) is 0 Å². The minimum absolute atomic E-state index is 0.187.